The monoisotopic (exact) mass is 295 g/mol. The van der Waals surface area contributed by atoms with E-state index in [1.54, 1.807) is 6.07 Å². The smallest absolute Gasteiger partial charge is 0.394 e. The zero-order valence-corrected chi connectivity index (χ0v) is 11.3. The summed E-state index contributed by atoms with van der Waals surface area (Å²) in [5.74, 6) is 0. The number of benzene rings is 2. The van der Waals surface area contributed by atoms with Gasteiger partial charge in [0.1, 0.15) is 0 Å². The molecule has 0 aromatic heterocycles. The first-order chi connectivity index (χ1) is 10.0. The summed E-state index contributed by atoms with van der Waals surface area (Å²) in [6.07, 6.45) is -4.38. The first-order valence-electron chi connectivity index (χ1n) is 6.56. The van der Waals surface area contributed by atoms with Crippen LogP contribution in [0, 0.1) is 0 Å². The van der Waals surface area contributed by atoms with Crippen LogP contribution in [0.2, 0.25) is 0 Å². The molecule has 0 aliphatic heterocycles. The van der Waals surface area contributed by atoms with Gasteiger partial charge in [-0.2, -0.15) is 13.2 Å². The molecule has 1 unspecified atom stereocenters. The molecular weight excluding hydrogens is 279 g/mol. The fourth-order valence-corrected chi connectivity index (χ4v) is 2.06. The summed E-state index contributed by atoms with van der Waals surface area (Å²) >= 11 is 0. The third-order valence-corrected chi connectivity index (χ3v) is 3.19. The molecule has 5 heteroatoms. The molecule has 0 spiro atoms. The van der Waals surface area contributed by atoms with E-state index in [0.717, 1.165) is 17.7 Å². The van der Waals surface area contributed by atoms with E-state index in [0.29, 0.717) is 12.1 Å². The van der Waals surface area contributed by atoms with Gasteiger partial charge in [-0.25, -0.2) is 0 Å². The van der Waals surface area contributed by atoms with Crippen molar-refractivity contribution in [1.29, 1.82) is 0 Å². The molecule has 0 fully saturated rings. The van der Waals surface area contributed by atoms with Gasteiger partial charge in [0.25, 0.3) is 0 Å². The lowest BCUT2D eigenvalue weighted by atomic mass is 10.0. The van der Waals surface area contributed by atoms with Gasteiger partial charge in [0.2, 0.25) is 0 Å². The summed E-state index contributed by atoms with van der Waals surface area (Å²) in [6, 6.07) is 14.0. The Morgan fingerprint density at radius 2 is 1.71 bits per heavy atom. The van der Waals surface area contributed by atoms with Crippen molar-refractivity contribution < 1.29 is 18.3 Å². The van der Waals surface area contributed by atoms with Crippen LogP contribution >= 0.6 is 0 Å². The van der Waals surface area contributed by atoms with Crippen LogP contribution in [-0.4, -0.2) is 11.7 Å². The second kappa shape index (κ2) is 6.74. The van der Waals surface area contributed by atoms with E-state index in [1.165, 1.54) is 6.07 Å². The summed E-state index contributed by atoms with van der Waals surface area (Å²) in [4.78, 5) is 0. The maximum Gasteiger partial charge on any atom is 0.416 e. The standard InChI is InChI=1S/C16H16F3NO/c17-16(18,19)14-8-4-7-13(9-14)15(11-21)20-10-12-5-2-1-3-6-12/h1-9,15,20-21H,10-11H2. The Kier molecular flexibility index (Phi) is 4.98. The number of aliphatic hydroxyl groups excluding tert-OH is 1. The SMILES string of the molecule is OCC(NCc1ccccc1)c1cccc(C(F)(F)F)c1. The Labute approximate surface area is 121 Å². The van der Waals surface area contributed by atoms with Gasteiger partial charge in [-0.05, 0) is 23.3 Å². The third-order valence-electron chi connectivity index (χ3n) is 3.19. The minimum absolute atomic E-state index is 0.270. The highest BCUT2D eigenvalue weighted by atomic mass is 19.4. The lowest BCUT2D eigenvalue weighted by Gasteiger charge is -2.18. The first kappa shape index (κ1) is 15.5. The van der Waals surface area contributed by atoms with Crippen molar-refractivity contribution in [3.8, 4) is 0 Å². The highest BCUT2D eigenvalue weighted by molar-refractivity contribution is 5.28. The van der Waals surface area contributed by atoms with Crippen LogP contribution in [0.4, 0.5) is 13.2 Å². The number of nitrogens with one attached hydrogen (secondary N) is 1. The Hall–Kier alpha value is -1.85. The number of hydrogen-bond acceptors (Lipinski definition) is 2. The van der Waals surface area contributed by atoms with Crippen LogP contribution in [0.1, 0.15) is 22.7 Å². The summed E-state index contributed by atoms with van der Waals surface area (Å²) in [6.45, 7) is 0.205. The predicted octanol–water partition coefficient (Wildman–Crippen LogP) is 3.53. The summed E-state index contributed by atoms with van der Waals surface area (Å²) in [5, 5.41) is 12.5. The van der Waals surface area contributed by atoms with Crippen molar-refractivity contribution in [2.45, 2.75) is 18.8 Å². The fraction of sp³-hybridized carbons (Fsp3) is 0.250. The van der Waals surface area contributed by atoms with Crippen molar-refractivity contribution in [3.05, 3.63) is 71.3 Å². The van der Waals surface area contributed by atoms with Crippen LogP contribution in [-0.2, 0) is 12.7 Å². The van der Waals surface area contributed by atoms with Crippen LogP contribution in [0.3, 0.4) is 0 Å². The van der Waals surface area contributed by atoms with Gasteiger partial charge in [0.05, 0.1) is 18.2 Å². The Balaban J connectivity index is 2.10. The van der Waals surface area contributed by atoms with Gasteiger partial charge >= 0.3 is 6.18 Å². The lowest BCUT2D eigenvalue weighted by molar-refractivity contribution is -0.137. The summed E-state index contributed by atoms with van der Waals surface area (Å²) in [7, 11) is 0. The Morgan fingerprint density at radius 3 is 2.33 bits per heavy atom. The van der Waals surface area contributed by atoms with Gasteiger partial charge < -0.3 is 10.4 Å². The van der Waals surface area contributed by atoms with E-state index in [2.05, 4.69) is 5.32 Å². The van der Waals surface area contributed by atoms with Crippen LogP contribution in [0.5, 0.6) is 0 Å². The van der Waals surface area contributed by atoms with E-state index in [9.17, 15) is 18.3 Å². The molecule has 2 aromatic carbocycles. The molecule has 21 heavy (non-hydrogen) atoms. The van der Waals surface area contributed by atoms with E-state index >= 15 is 0 Å². The zero-order chi connectivity index (χ0) is 15.3. The Morgan fingerprint density at radius 1 is 1.00 bits per heavy atom. The number of halogens is 3. The lowest BCUT2D eigenvalue weighted by Crippen LogP contribution is -2.24. The largest absolute Gasteiger partial charge is 0.416 e. The van der Waals surface area contributed by atoms with Crippen LogP contribution < -0.4 is 5.32 Å². The van der Waals surface area contributed by atoms with Crippen LogP contribution in [0.15, 0.2) is 54.6 Å². The summed E-state index contributed by atoms with van der Waals surface area (Å²) < 4.78 is 38.1. The van der Waals surface area contributed by atoms with E-state index in [1.807, 2.05) is 30.3 Å². The van der Waals surface area contributed by atoms with Gasteiger partial charge in [0.15, 0.2) is 0 Å². The highest BCUT2D eigenvalue weighted by Gasteiger charge is 2.30. The maximum atomic E-state index is 12.7. The van der Waals surface area contributed by atoms with Gasteiger partial charge in [-0.3, -0.25) is 0 Å². The minimum atomic E-state index is -4.38. The van der Waals surface area contributed by atoms with Crippen molar-refractivity contribution in [2.24, 2.45) is 0 Å². The summed E-state index contributed by atoms with van der Waals surface area (Å²) in [5.41, 5.74) is 0.714. The van der Waals surface area contributed by atoms with Crippen molar-refractivity contribution >= 4 is 0 Å². The molecule has 0 heterocycles. The molecule has 2 N–H and O–H groups in total. The molecule has 2 rings (SSSR count). The molecular formula is C16H16F3NO. The second-order valence-corrected chi connectivity index (χ2v) is 4.72. The minimum Gasteiger partial charge on any atom is -0.394 e. The molecule has 0 aliphatic rings. The average Bonchev–Trinajstić information content (AvgIpc) is 2.48. The predicted molar refractivity (Wildman–Crippen MR) is 74.6 cm³/mol. The van der Waals surface area contributed by atoms with Crippen molar-refractivity contribution in [2.75, 3.05) is 6.61 Å². The topological polar surface area (TPSA) is 32.3 Å². The molecule has 0 aliphatic carbocycles. The zero-order valence-electron chi connectivity index (χ0n) is 11.3. The quantitative estimate of drug-likeness (QED) is 0.884. The molecule has 0 saturated heterocycles. The number of alkyl halides is 3. The van der Waals surface area contributed by atoms with Gasteiger partial charge in [-0.15, -0.1) is 0 Å². The van der Waals surface area contributed by atoms with E-state index in [-0.39, 0.29) is 6.61 Å². The molecule has 112 valence electrons. The molecule has 1 atom stereocenters. The van der Waals surface area contributed by atoms with Crippen molar-refractivity contribution in [1.82, 2.24) is 5.32 Å². The number of hydrogen-bond donors (Lipinski definition) is 2. The Bertz CT molecular complexity index is 569. The van der Waals surface area contributed by atoms with E-state index < -0.39 is 17.8 Å². The molecule has 2 aromatic rings. The highest BCUT2D eigenvalue weighted by Crippen LogP contribution is 2.30. The normalized spacial score (nSPS) is 13.1. The second-order valence-electron chi connectivity index (χ2n) is 4.72. The molecule has 0 amide bonds. The first-order valence-corrected chi connectivity index (χ1v) is 6.56. The number of aliphatic hydroxyl groups is 1. The third kappa shape index (κ3) is 4.31. The molecule has 0 saturated carbocycles. The van der Waals surface area contributed by atoms with Gasteiger partial charge in [-0.1, -0.05) is 42.5 Å². The van der Waals surface area contributed by atoms with Gasteiger partial charge in [0, 0.05) is 6.54 Å². The molecule has 0 bridgehead atoms. The van der Waals surface area contributed by atoms with E-state index in [4.69, 9.17) is 0 Å². The fourth-order valence-electron chi connectivity index (χ4n) is 2.06. The molecule has 0 radical (unpaired) electrons. The number of rotatable bonds is 5. The van der Waals surface area contributed by atoms with Crippen molar-refractivity contribution in [3.63, 3.8) is 0 Å². The average molecular weight is 295 g/mol. The maximum absolute atomic E-state index is 12.7. The molecule has 2 nitrogen and oxygen atoms in total. The van der Waals surface area contributed by atoms with Crippen LogP contribution in [0.25, 0.3) is 0 Å².